The van der Waals surface area contributed by atoms with Gasteiger partial charge in [0.1, 0.15) is 11.8 Å². The molecule has 1 aromatic carbocycles. The van der Waals surface area contributed by atoms with Gasteiger partial charge in [0.05, 0.1) is 0 Å². The highest BCUT2D eigenvalue weighted by Crippen LogP contribution is 2.08. The summed E-state index contributed by atoms with van der Waals surface area (Å²) in [6.07, 6.45) is 0. The van der Waals surface area contributed by atoms with Gasteiger partial charge < -0.3 is 11.1 Å². The summed E-state index contributed by atoms with van der Waals surface area (Å²) in [4.78, 5) is 23.2. The van der Waals surface area contributed by atoms with Gasteiger partial charge in [-0.25, -0.2) is 0 Å². The highest BCUT2D eigenvalue weighted by molar-refractivity contribution is 6.44. The van der Waals surface area contributed by atoms with E-state index in [1.54, 1.807) is 26.0 Å². The zero-order valence-electron chi connectivity index (χ0n) is 11.4. The van der Waals surface area contributed by atoms with Crippen LogP contribution in [0.1, 0.15) is 25.0 Å². The van der Waals surface area contributed by atoms with Gasteiger partial charge in [-0.05, 0) is 18.4 Å². The lowest BCUT2D eigenvalue weighted by Gasteiger charge is -2.19. The Bertz CT molecular complexity index is 509. The third-order valence-electron chi connectivity index (χ3n) is 2.90. The number of primary amides is 1. The van der Waals surface area contributed by atoms with E-state index in [1.165, 1.54) is 0 Å². The van der Waals surface area contributed by atoms with E-state index < -0.39 is 17.9 Å². The van der Waals surface area contributed by atoms with E-state index in [4.69, 9.17) is 11.1 Å². The Morgan fingerprint density at radius 2 is 1.84 bits per heavy atom. The minimum Gasteiger partial charge on any atom is -0.368 e. The number of hydrogen-bond acceptors (Lipinski definition) is 3. The largest absolute Gasteiger partial charge is 0.368 e. The van der Waals surface area contributed by atoms with Gasteiger partial charge in [0, 0.05) is 5.56 Å². The van der Waals surface area contributed by atoms with Crippen LogP contribution in [0.25, 0.3) is 0 Å². The molecule has 5 nitrogen and oxygen atoms in total. The number of benzene rings is 1. The molecule has 19 heavy (non-hydrogen) atoms. The highest BCUT2D eigenvalue weighted by Gasteiger charge is 2.24. The Morgan fingerprint density at radius 3 is 2.32 bits per heavy atom. The molecule has 1 aromatic rings. The second-order valence-electron chi connectivity index (χ2n) is 4.79. The molecule has 0 aromatic heterocycles. The summed E-state index contributed by atoms with van der Waals surface area (Å²) in [5, 5.41) is 10.4. The third-order valence-corrected chi connectivity index (χ3v) is 2.90. The summed E-state index contributed by atoms with van der Waals surface area (Å²) in [7, 11) is 0. The average molecular weight is 261 g/mol. The molecule has 0 fully saturated rings. The van der Waals surface area contributed by atoms with E-state index in [0.717, 1.165) is 5.56 Å². The van der Waals surface area contributed by atoms with Crippen LogP contribution < -0.4 is 11.1 Å². The minimum absolute atomic E-state index is 0.119. The van der Waals surface area contributed by atoms with E-state index in [9.17, 15) is 9.59 Å². The summed E-state index contributed by atoms with van der Waals surface area (Å²) < 4.78 is 0. The van der Waals surface area contributed by atoms with Crippen molar-refractivity contribution < 1.29 is 9.59 Å². The Hall–Kier alpha value is -2.17. The lowest BCUT2D eigenvalue weighted by atomic mass is 10.0. The molecule has 1 atom stereocenters. The van der Waals surface area contributed by atoms with Crippen molar-refractivity contribution in [3.05, 3.63) is 35.4 Å². The molecule has 0 saturated carbocycles. The first kappa shape index (κ1) is 14.9. The maximum absolute atomic E-state index is 12.0. The van der Waals surface area contributed by atoms with Gasteiger partial charge in [0.2, 0.25) is 5.91 Å². The van der Waals surface area contributed by atoms with Gasteiger partial charge >= 0.3 is 0 Å². The molecule has 0 aliphatic rings. The van der Waals surface area contributed by atoms with Crippen LogP contribution >= 0.6 is 0 Å². The standard InChI is InChI=1S/C14H19N3O2/c1-8(2)12(13(16)18)17-14(19)11(15)10-7-5-4-6-9(10)3/h4-8,12,15H,1-3H3,(H2,16,18)(H,17,19). The van der Waals surface area contributed by atoms with E-state index >= 15 is 0 Å². The van der Waals surface area contributed by atoms with Crippen molar-refractivity contribution in [2.75, 3.05) is 0 Å². The molecule has 2 amide bonds. The number of carbonyl (C=O) groups excluding carboxylic acids is 2. The first-order valence-electron chi connectivity index (χ1n) is 6.09. The van der Waals surface area contributed by atoms with Crippen molar-refractivity contribution in [2.45, 2.75) is 26.8 Å². The van der Waals surface area contributed by atoms with Gasteiger partial charge in [-0.1, -0.05) is 38.1 Å². The van der Waals surface area contributed by atoms with Gasteiger partial charge in [-0.2, -0.15) is 0 Å². The average Bonchev–Trinajstić information content (AvgIpc) is 2.34. The summed E-state index contributed by atoms with van der Waals surface area (Å²) in [5.41, 5.74) is 6.45. The van der Waals surface area contributed by atoms with Crippen molar-refractivity contribution in [3.63, 3.8) is 0 Å². The molecule has 0 aliphatic heterocycles. The van der Waals surface area contributed by atoms with E-state index in [2.05, 4.69) is 5.32 Å². The zero-order chi connectivity index (χ0) is 14.6. The number of carbonyl (C=O) groups is 2. The van der Waals surface area contributed by atoms with Crippen molar-refractivity contribution in [2.24, 2.45) is 11.7 Å². The topological polar surface area (TPSA) is 96.0 Å². The van der Waals surface area contributed by atoms with Crippen molar-refractivity contribution >= 4 is 17.5 Å². The number of nitrogens with two attached hydrogens (primary N) is 1. The molecule has 4 N–H and O–H groups in total. The molecular weight excluding hydrogens is 242 g/mol. The number of rotatable bonds is 5. The molecule has 5 heteroatoms. The maximum atomic E-state index is 12.0. The molecule has 0 heterocycles. The van der Waals surface area contributed by atoms with Gasteiger partial charge in [-0.15, -0.1) is 0 Å². The predicted molar refractivity (Wildman–Crippen MR) is 74.0 cm³/mol. The van der Waals surface area contributed by atoms with Crippen molar-refractivity contribution in [3.8, 4) is 0 Å². The molecule has 0 bridgehead atoms. The van der Waals surface area contributed by atoms with Crippen molar-refractivity contribution in [1.82, 2.24) is 5.32 Å². The summed E-state index contributed by atoms with van der Waals surface area (Å²) in [5.74, 6) is -1.31. The number of hydrogen-bond donors (Lipinski definition) is 3. The molecular formula is C14H19N3O2. The fourth-order valence-electron chi connectivity index (χ4n) is 1.76. The summed E-state index contributed by atoms with van der Waals surface area (Å²) in [6, 6.07) is 6.36. The lowest BCUT2D eigenvalue weighted by Crippen LogP contribution is -2.49. The zero-order valence-corrected chi connectivity index (χ0v) is 11.4. The first-order valence-corrected chi connectivity index (χ1v) is 6.09. The second kappa shape index (κ2) is 6.13. The Labute approximate surface area is 112 Å². The summed E-state index contributed by atoms with van der Waals surface area (Å²) >= 11 is 0. The molecule has 0 aliphatic carbocycles. The predicted octanol–water partition coefficient (Wildman–Crippen LogP) is 0.989. The smallest absolute Gasteiger partial charge is 0.270 e. The molecule has 1 rings (SSSR count). The Morgan fingerprint density at radius 1 is 1.26 bits per heavy atom. The van der Waals surface area contributed by atoms with Crippen LogP contribution in [0.15, 0.2) is 24.3 Å². The molecule has 0 saturated heterocycles. The first-order chi connectivity index (χ1) is 8.84. The van der Waals surface area contributed by atoms with Gasteiger partial charge in [-0.3, -0.25) is 15.0 Å². The summed E-state index contributed by atoms with van der Waals surface area (Å²) in [6.45, 7) is 5.39. The van der Waals surface area contributed by atoms with E-state index in [0.29, 0.717) is 5.56 Å². The van der Waals surface area contributed by atoms with Crippen molar-refractivity contribution in [1.29, 1.82) is 5.41 Å². The van der Waals surface area contributed by atoms with Crippen LogP contribution in [-0.4, -0.2) is 23.6 Å². The van der Waals surface area contributed by atoms with Crippen LogP contribution in [0.4, 0.5) is 0 Å². The molecule has 1 unspecified atom stereocenters. The Balaban J connectivity index is 2.87. The lowest BCUT2D eigenvalue weighted by molar-refractivity contribution is -0.125. The number of nitrogens with one attached hydrogen (secondary N) is 2. The normalized spacial score (nSPS) is 12.0. The SMILES string of the molecule is Cc1ccccc1C(=N)C(=O)NC(C(N)=O)C(C)C. The third kappa shape index (κ3) is 3.64. The van der Waals surface area contributed by atoms with E-state index in [1.807, 2.05) is 19.1 Å². The fourth-order valence-corrected chi connectivity index (χ4v) is 1.76. The van der Waals surface area contributed by atoms with Gasteiger partial charge in [0.15, 0.2) is 0 Å². The van der Waals surface area contributed by atoms with Crippen LogP contribution in [0.2, 0.25) is 0 Å². The second-order valence-corrected chi connectivity index (χ2v) is 4.79. The number of aryl methyl sites for hydroxylation is 1. The number of amides is 2. The molecule has 0 radical (unpaired) electrons. The van der Waals surface area contributed by atoms with E-state index in [-0.39, 0.29) is 11.6 Å². The Kier molecular flexibility index (Phi) is 4.80. The monoisotopic (exact) mass is 261 g/mol. The van der Waals surface area contributed by atoms with Gasteiger partial charge in [0.25, 0.3) is 5.91 Å². The fraction of sp³-hybridized carbons (Fsp3) is 0.357. The van der Waals surface area contributed by atoms with Crippen LogP contribution in [0.3, 0.4) is 0 Å². The minimum atomic E-state index is -0.767. The molecule has 102 valence electrons. The quantitative estimate of drug-likeness (QED) is 0.689. The van der Waals surface area contributed by atoms with Crippen LogP contribution in [0, 0.1) is 18.3 Å². The van der Waals surface area contributed by atoms with Crippen LogP contribution in [0.5, 0.6) is 0 Å². The van der Waals surface area contributed by atoms with Crippen LogP contribution in [-0.2, 0) is 9.59 Å². The molecule has 0 spiro atoms. The maximum Gasteiger partial charge on any atom is 0.270 e. The highest BCUT2D eigenvalue weighted by atomic mass is 16.2.